The first-order valence-electron chi connectivity index (χ1n) is 12.3. The minimum absolute atomic E-state index is 0.0807. The first-order chi connectivity index (χ1) is 17.5. The van der Waals surface area contributed by atoms with E-state index in [1.807, 2.05) is 0 Å². The molecule has 1 aliphatic heterocycles. The van der Waals surface area contributed by atoms with Gasteiger partial charge in [-0.25, -0.2) is 4.98 Å². The van der Waals surface area contributed by atoms with E-state index >= 15 is 0 Å². The van der Waals surface area contributed by atoms with E-state index in [0.29, 0.717) is 36.7 Å². The van der Waals surface area contributed by atoms with Gasteiger partial charge in [-0.1, -0.05) is 6.42 Å². The lowest BCUT2D eigenvalue weighted by Gasteiger charge is -2.35. The van der Waals surface area contributed by atoms with Gasteiger partial charge in [-0.3, -0.25) is 9.59 Å². The summed E-state index contributed by atoms with van der Waals surface area (Å²) in [5, 5.41) is 15.0. The van der Waals surface area contributed by atoms with Gasteiger partial charge in [-0.05, 0) is 70.1 Å². The van der Waals surface area contributed by atoms with E-state index in [1.165, 1.54) is 0 Å². The molecule has 2 atom stereocenters. The van der Waals surface area contributed by atoms with Gasteiger partial charge in [0.1, 0.15) is 11.4 Å². The number of aliphatic carboxylic acids is 1. The summed E-state index contributed by atoms with van der Waals surface area (Å²) in [4.78, 5) is 36.2. The maximum absolute atomic E-state index is 13.6. The Morgan fingerprint density at radius 2 is 1.78 bits per heavy atom. The molecule has 2 heterocycles. The topological polar surface area (TPSA) is 111 Å². The number of aromatic nitrogens is 2. The third-order valence-electron chi connectivity index (χ3n) is 7.19. The average Bonchev–Trinajstić information content (AvgIpc) is 3.32. The van der Waals surface area contributed by atoms with Gasteiger partial charge >= 0.3 is 12.1 Å². The van der Waals surface area contributed by atoms with Gasteiger partial charge in [0.25, 0.3) is 5.91 Å². The predicted molar refractivity (Wildman–Crippen MR) is 132 cm³/mol. The highest BCUT2D eigenvalue weighted by Gasteiger charge is 2.38. The summed E-state index contributed by atoms with van der Waals surface area (Å²) < 4.78 is 40.7. The molecule has 1 aromatic carbocycles. The quantitative estimate of drug-likeness (QED) is 0.501. The number of carbonyl (C=O) groups excluding carboxylic acids is 1. The van der Waals surface area contributed by atoms with Crippen LogP contribution in [-0.2, 0) is 11.0 Å². The number of hydrogen-bond acceptors (Lipinski definition) is 7. The lowest BCUT2D eigenvalue weighted by atomic mass is 10.0. The molecule has 1 saturated carbocycles. The van der Waals surface area contributed by atoms with Crippen LogP contribution in [0.3, 0.4) is 0 Å². The van der Waals surface area contributed by atoms with Crippen molar-refractivity contribution in [2.24, 2.45) is 5.92 Å². The van der Waals surface area contributed by atoms with Crippen LogP contribution >= 0.6 is 0 Å². The standard InChI is InChI=1S/C25H31F3N6O3/c1-33-12-10-17(11-13-33)34(2)22(35)15-6-8-16(9-7-15)30-24-29-14-19(25(26,27)28)21(32-24)31-20-5-3-4-18(20)23(36)37/h6-9,14,17-18,20H,3-5,10-13H2,1-2H3,(H,36,37)(H2,29,30,31,32)/t18-,20-/m0/s1. The number of alkyl halides is 3. The van der Waals surface area contributed by atoms with Gasteiger partial charge in [-0.15, -0.1) is 0 Å². The van der Waals surface area contributed by atoms with E-state index < -0.39 is 35.5 Å². The van der Waals surface area contributed by atoms with Crippen LogP contribution in [0.25, 0.3) is 0 Å². The number of hydrogen-bond donors (Lipinski definition) is 3. The molecule has 12 heteroatoms. The molecule has 1 saturated heterocycles. The molecule has 4 rings (SSSR count). The number of carboxylic acid groups (broad SMARTS) is 1. The van der Waals surface area contributed by atoms with Gasteiger partial charge in [0, 0.05) is 36.6 Å². The summed E-state index contributed by atoms with van der Waals surface area (Å²) in [6, 6.07) is 6.09. The van der Waals surface area contributed by atoms with E-state index in [2.05, 4.69) is 32.5 Å². The molecule has 0 unspecified atom stereocenters. The van der Waals surface area contributed by atoms with Gasteiger partial charge in [-0.2, -0.15) is 18.2 Å². The molecule has 0 radical (unpaired) electrons. The summed E-state index contributed by atoms with van der Waals surface area (Å²) in [5.74, 6) is -2.47. The summed E-state index contributed by atoms with van der Waals surface area (Å²) in [5.41, 5.74) is -0.0657. The SMILES string of the molecule is CN1CCC(N(C)C(=O)c2ccc(Nc3ncc(C(F)(F)F)c(N[C@H]4CCC[C@@H]4C(=O)O)n3)cc2)CC1. The predicted octanol–water partition coefficient (Wildman–Crippen LogP) is 4.07. The fourth-order valence-electron chi connectivity index (χ4n) is 4.94. The number of halogens is 3. The van der Waals surface area contributed by atoms with Crippen molar-refractivity contribution >= 4 is 29.3 Å². The zero-order valence-electron chi connectivity index (χ0n) is 20.8. The Morgan fingerprint density at radius 1 is 1.11 bits per heavy atom. The number of anilines is 3. The van der Waals surface area contributed by atoms with Crippen molar-refractivity contribution in [3.05, 3.63) is 41.6 Å². The first kappa shape index (κ1) is 26.6. The maximum atomic E-state index is 13.6. The van der Waals surface area contributed by atoms with Gasteiger partial charge in [0.15, 0.2) is 0 Å². The van der Waals surface area contributed by atoms with E-state index in [9.17, 15) is 27.9 Å². The molecule has 3 N–H and O–H groups in total. The monoisotopic (exact) mass is 520 g/mol. The number of benzene rings is 1. The van der Waals surface area contributed by atoms with Gasteiger partial charge in [0.05, 0.1) is 5.92 Å². The molecule has 200 valence electrons. The number of carbonyl (C=O) groups is 2. The summed E-state index contributed by atoms with van der Waals surface area (Å²) in [6.07, 6.45) is -0.783. The highest BCUT2D eigenvalue weighted by Crippen LogP contribution is 2.36. The van der Waals surface area contributed by atoms with E-state index in [0.717, 1.165) is 25.9 Å². The average molecular weight is 521 g/mol. The summed E-state index contributed by atoms with van der Waals surface area (Å²) in [7, 11) is 3.86. The normalized spacial score (nSPS) is 21.0. The maximum Gasteiger partial charge on any atom is 0.421 e. The highest BCUT2D eigenvalue weighted by atomic mass is 19.4. The minimum atomic E-state index is -4.71. The molecule has 1 aliphatic carbocycles. The molecule has 0 bridgehead atoms. The number of piperidine rings is 1. The van der Waals surface area contributed by atoms with Gasteiger partial charge in [0.2, 0.25) is 5.95 Å². The third kappa shape index (κ3) is 6.30. The zero-order chi connectivity index (χ0) is 26.7. The Kier molecular flexibility index (Phi) is 7.86. The van der Waals surface area contributed by atoms with Crippen LogP contribution in [0.5, 0.6) is 0 Å². The number of rotatable bonds is 7. The fourth-order valence-corrected chi connectivity index (χ4v) is 4.94. The molecule has 9 nitrogen and oxygen atoms in total. The summed E-state index contributed by atoms with van der Waals surface area (Å²) >= 11 is 0. The Bertz CT molecular complexity index is 1120. The molecule has 2 fully saturated rings. The van der Waals surface area contributed by atoms with E-state index in [4.69, 9.17) is 0 Å². The Balaban J connectivity index is 1.47. The fraction of sp³-hybridized carbons (Fsp3) is 0.520. The van der Waals surface area contributed by atoms with Gasteiger partial charge < -0.3 is 25.5 Å². The van der Waals surface area contributed by atoms with Crippen LogP contribution in [0, 0.1) is 5.92 Å². The van der Waals surface area contributed by atoms with Crippen molar-refractivity contribution in [2.45, 2.75) is 50.4 Å². The second kappa shape index (κ2) is 10.9. The molecule has 1 amide bonds. The number of likely N-dealkylation sites (tertiary alicyclic amines) is 1. The Labute approximate surface area is 213 Å². The van der Waals surface area contributed by atoms with Crippen molar-refractivity contribution in [2.75, 3.05) is 37.8 Å². The van der Waals surface area contributed by atoms with Crippen LogP contribution in [0.4, 0.5) is 30.6 Å². The number of carboxylic acids is 1. The molecule has 2 aliphatic rings. The van der Waals surface area contributed by atoms with Crippen LogP contribution in [0.1, 0.15) is 48.0 Å². The summed E-state index contributed by atoms with van der Waals surface area (Å²) in [6.45, 7) is 1.87. The van der Waals surface area contributed by atoms with Crippen molar-refractivity contribution in [3.63, 3.8) is 0 Å². The smallest absolute Gasteiger partial charge is 0.421 e. The number of amides is 1. The van der Waals surface area contributed by atoms with Crippen LogP contribution in [0.2, 0.25) is 0 Å². The van der Waals surface area contributed by atoms with Crippen LogP contribution in [0.15, 0.2) is 30.5 Å². The lowest BCUT2D eigenvalue weighted by molar-refractivity contribution is -0.141. The molecular formula is C25H31F3N6O3. The second-order valence-corrected chi connectivity index (χ2v) is 9.73. The zero-order valence-corrected chi connectivity index (χ0v) is 20.8. The number of nitrogens with zero attached hydrogens (tertiary/aromatic N) is 4. The van der Waals surface area contributed by atoms with E-state index in [-0.39, 0.29) is 17.9 Å². The third-order valence-corrected chi connectivity index (χ3v) is 7.19. The largest absolute Gasteiger partial charge is 0.481 e. The molecule has 0 spiro atoms. The van der Waals surface area contributed by atoms with Crippen molar-refractivity contribution in [1.82, 2.24) is 19.8 Å². The minimum Gasteiger partial charge on any atom is -0.481 e. The molecular weight excluding hydrogens is 489 g/mol. The molecule has 2 aromatic rings. The van der Waals surface area contributed by atoms with Crippen LogP contribution in [-0.4, -0.2) is 76.0 Å². The second-order valence-electron chi connectivity index (χ2n) is 9.73. The van der Waals surface area contributed by atoms with Crippen molar-refractivity contribution in [1.29, 1.82) is 0 Å². The van der Waals surface area contributed by atoms with Crippen molar-refractivity contribution in [3.8, 4) is 0 Å². The lowest BCUT2D eigenvalue weighted by Crippen LogP contribution is -2.44. The Morgan fingerprint density at radius 3 is 2.41 bits per heavy atom. The molecule has 37 heavy (non-hydrogen) atoms. The Hall–Kier alpha value is -3.41. The number of nitrogens with one attached hydrogen (secondary N) is 2. The van der Waals surface area contributed by atoms with E-state index in [1.54, 1.807) is 36.2 Å². The van der Waals surface area contributed by atoms with Crippen molar-refractivity contribution < 1.29 is 27.9 Å². The molecule has 1 aromatic heterocycles. The van der Waals surface area contributed by atoms with Crippen LogP contribution < -0.4 is 10.6 Å². The highest BCUT2D eigenvalue weighted by molar-refractivity contribution is 5.94. The first-order valence-corrected chi connectivity index (χ1v) is 12.3.